The maximum absolute atomic E-state index is 9.19. The van der Waals surface area contributed by atoms with E-state index in [0.29, 0.717) is 5.56 Å². The molecule has 3 aromatic heterocycles. The Morgan fingerprint density at radius 3 is 1.47 bits per heavy atom. The first-order valence-electron chi connectivity index (χ1n) is 11.5. The first-order valence-corrected chi connectivity index (χ1v) is 11.5. The zero-order valence-electron chi connectivity index (χ0n) is 20.7. The number of aromatic nitrogens is 3. The van der Waals surface area contributed by atoms with Crippen LogP contribution in [0.4, 0.5) is 0 Å². The second-order valence-corrected chi connectivity index (χ2v) is 10.7. The average molecular weight is 447 g/mol. The highest BCUT2D eigenvalue weighted by atomic mass is 14.8. The van der Waals surface area contributed by atoms with Gasteiger partial charge in [0.05, 0.1) is 34.4 Å². The lowest BCUT2D eigenvalue weighted by molar-refractivity contribution is 0.589. The molecular weight excluding hydrogens is 416 g/mol. The van der Waals surface area contributed by atoms with E-state index in [9.17, 15) is 5.26 Å². The van der Waals surface area contributed by atoms with Crippen molar-refractivity contribution in [1.29, 1.82) is 5.26 Å². The van der Waals surface area contributed by atoms with Crippen LogP contribution in [0, 0.1) is 11.3 Å². The fourth-order valence-corrected chi connectivity index (χ4v) is 3.77. The van der Waals surface area contributed by atoms with Gasteiger partial charge in [0, 0.05) is 12.4 Å². The number of hydrogen-bond acceptors (Lipinski definition) is 4. The Morgan fingerprint density at radius 1 is 0.588 bits per heavy atom. The SMILES string of the molecule is CC(C)(C)c1ccnc(-c2cc(-c3ccc(C#N)cc3)cc(-c3cc(C(C)(C)C)ccn3)n2)c1. The molecule has 4 rings (SSSR count). The van der Waals surface area contributed by atoms with Gasteiger partial charge >= 0.3 is 0 Å². The Balaban J connectivity index is 1.91. The molecule has 34 heavy (non-hydrogen) atoms. The van der Waals surface area contributed by atoms with Crippen LogP contribution >= 0.6 is 0 Å². The van der Waals surface area contributed by atoms with E-state index in [4.69, 9.17) is 4.98 Å². The zero-order valence-corrected chi connectivity index (χ0v) is 20.7. The molecule has 170 valence electrons. The molecule has 1 aromatic carbocycles. The van der Waals surface area contributed by atoms with E-state index in [-0.39, 0.29) is 10.8 Å². The standard InChI is InChI=1S/C30H30N4/c1-29(2,3)23-11-13-32-25(17-23)27-15-22(21-9-7-20(19-31)8-10-21)16-28(34-27)26-18-24(12-14-33-26)30(4,5)6/h7-18H,1-6H3. The van der Waals surface area contributed by atoms with Crippen LogP contribution in [0.5, 0.6) is 0 Å². The molecule has 0 N–H and O–H groups in total. The van der Waals surface area contributed by atoms with E-state index >= 15 is 0 Å². The molecule has 4 heteroatoms. The van der Waals surface area contributed by atoms with Crippen molar-refractivity contribution in [3.63, 3.8) is 0 Å². The van der Waals surface area contributed by atoms with Crippen LogP contribution in [0.25, 0.3) is 33.9 Å². The van der Waals surface area contributed by atoms with Crippen molar-refractivity contribution in [3.05, 3.63) is 89.7 Å². The van der Waals surface area contributed by atoms with Gasteiger partial charge in [-0.15, -0.1) is 0 Å². The molecule has 0 unspecified atom stereocenters. The normalized spacial score (nSPS) is 11.8. The third kappa shape index (κ3) is 5.05. The lowest BCUT2D eigenvalue weighted by Crippen LogP contribution is -2.11. The van der Waals surface area contributed by atoms with Gasteiger partial charge in [-0.2, -0.15) is 5.26 Å². The van der Waals surface area contributed by atoms with Crippen LogP contribution in [0.1, 0.15) is 58.2 Å². The van der Waals surface area contributed by atoms with Gasteiger partial charge in [0.2, 0.25) is 0 Å². The molecule has 4 nitrogen and oxygen atoms in total. The predicted octanol–water partition coefficient (Wildman–Crippen LogP) is 7.34. The topological polar surface area (TPSA) is 62.5 Å². The fraction of sp³-hybridized carbons (Fsp3) is 0.267. The minimum atomic E-state index is 0.00779. The van der Waals surface area contributed by atoms with E-state index in [1.807, 2.05) is 36.7 Å². The molecule has 0 atom stereocenters. The van der Waals surface area contributed by atoms with E-state index in [1.54, 1.807) is 0 Å². The Bertz CT molecular complexity index is 1290. The molecule has 0 spiro atoms. The number of benzene rings is 1. The first kappa shape index (κ1) is 23.3. The third-order valence-electron chi connectivity index (χ3n) is 5.95. The molecular formula is C30H30N4. The van der Waals surface area contributed by atoms with Gasteiger partial charge < -0.3 is 0 Å². The molecule has 0 radical (unpaired) electrons. The monoisotopic (exact) mass is 446 g/mol. The molecule has 0 saturated carbocycles. The molecule has 3 heterocycles. The van der Waals surface area contributed by atoms with E-state index in [2.05, 4.69) is 94.0 Å². The highest BCUT2D eigenvalue weighted by Crippen LogP contribution is 2.32. The van der Waals surface area contributed by atoms with Crippen LogP contribution in [0.3, 0.4) is 0 Å². The summed E-state index contributed by atoms with van der Waals surface area (Å²) in [5.41, 5.74) is 8.34. The molecule has 0 bridgehead atoms. The Labute approximate surface area is 202 Å². The van der Waals surface area contributed by atoms with Crippen molar-refractivity contribution in [2.45, 2.75) is 52.4 Å². The van der Waals surface area contributed by atoms with Crippen LogP contribution in [0.2, 0.25) is 0 Å². The minimum absolute atomic E-state index is 0.00779. The summed E-state index contributed by atoms with van der Waals surface area (Å²) in [6.45, 7) is 13.2. The van der Waals surface area contributed by atoms with Gasteiger partial charge in [0.25, 0.3) is 0 Å². The molecule has 0 aliphatic carbocycles. The second-order valence-electron chi connectivity index (χ2n) is 10.7. The van der Waals surface area contributed by atoms with Gasteiger partial charge in [-0.1, -0.05) is 53.7 Å². The van der Waals surface area contributed by atoms with Gasteiger partial charge in [-0.05, 0) is 81.6 Å². The summed E-state index contributed by atoms with van der Waals surface area (Å²) in [6, 6.07) is 22.3. The van der Waals surface area contributed by atoms with Crippen molar-refractivity contribution in [3.8, 4) is 40.0 Å². The van der Waals surface area contributed by atoms with Crippen molar-refractivity contribution in [1.82, 2.24) is 15.0 Å². The first-order chi connectivity index (χ1) is 16.0. The summed E-state index contributed by atoms with van der Waals surface area (Å²) in [7, 11) is 0. The van der Waals surface area contributed by atoms with Crippen molar-refractivity contribution in [2.24, 2.45) is 0 Å². The minimum Gasteiger partial charge on any atom is -0.255 e. The van der Waals surface area contributed by atoms with Crippen molar-refractivity contribution < 1.29 is 0 Å². The highest BCUT2D eigenvalue weighted by molar-refractivity contribution is 5.75. The molecule has 0 amide bonds. The summed E-state index contributed by atoms with van der Waals surface area (Å²) in [5.74, 6) is 0. The molecule has 0 aliphatic heterocycles. The summed E-state index contributed by atoms with van der Waals surface area (Å²) >= 11 is 0. The van der Waals surface area contributed by atoms with Gasteiger partial charge in [-0.3, -0.25) is 9.97 Å². The van der Waals surface area contributed by atoms with E-state index < -0.39 is 0 Å². The lowest BCUT2D eigenvalue weighted by Gasteiger charge is -2.20. The van der Waals surface area contributed by atoms with Gasteiger partial charge in [0.1, 0.15) is 0 Å². The van der Waals surface area contributed by atoms with Crippen LogP contribution < -0.4 is 0 Å². The third-order valence-corrected chi connectivity index (χ3v) is 5.95. The second kappa shape index (κ2) is 8.83. The van der Waals surface area contributed by atoms with Crippen LogP contribution in [-0.2, 0) is 10.8 Å². The number of hydrogen-bond donors (Lipinski definition) is 0. The lowest BCUT2D eigenvalue weighted by atomic mass is 9.87. The summed E-state index contributed by atoms with van der Waals surface area (Å²) < 4.78 is 0. The summed E-state index contributed by atoms with van der Waals surface area (Å²) in [4.78, 5) is 14.3. The largest absolute Gasteiger partial charge is 0.255 e. The molecule has 0 aliphatic rings. The number of rotatable bonds is 3. The van der Waals surface area contributed by atoms with E-state index in [0.717, 1.165) is 33.9 Å². The molecule has 0 fully saturated rings. The maximum atomic E-state index is 9.19. The van der Waals surface area contributed by atoms with Crippen LogP contribution in [-0.4, -0.2) is 15.0 Å². The van der Waals surface area contributed by atoms with Crippen LogP contribution in [0.15, 0.2) is 73.1 Å². The Kier molecular flexibility index (Phi) is 6.06. The summed E-state index contributed by atoms with van der Waals surface area (Å²) in [5, 5.41) is 9.19. The number of nitriles is 1. The predicted molar refractivity (Wildman–Crippen MR) is 138 cm³/mol. The Hall–Kier alpha value is -3.84. The average Bonchev–Trinajstić information content (AvgIpc) is 2.83. The maximum Gasteiger partial charge on any atom is 0.0991 e. The number of nitrogens with zero attached hydrogens (tertiary/aromatic N) is 4. The summed E-state index contributed by atoms with van der Waals surface area (Å²) in [6.07, 6.45) is 3.70. The molecule has 4 aromatic rings. The van der Waals surface area contributed by atoms with Gasteiger partial charge in [-0.25, -0.2) is 4.98 Å². The smallest absolute Gasteiger partial charge is 0.0991 e. The quantitative estimate of drug-likeness (QED) is 0.330. The van der Waals surface area contributed by atoms with Crippen molar-refractivity contribution in [2.75, 3.05) is 0 Å². The fourth-order valence-electron chi connectivity index (χ4n) is 3.77. The van der Waals surface area contributed by atoms with Gasteiger partial charge in [0.15, 0.2) is 0 Å². The zero-order chi connectivity index (χ0) is 24.5. The highest BCUT2D eigenvalue weighted by Gasteiger charge is 2.18. The van der Waals surface area contributed by atoms with Crippen molar-refractivity contribution >= 4 is 0 Å². The van der Waals surface area contributed by atoms with E-state index in [1.165, 1.54) is 11.1 Å². The number of pyridine rings is 3. The molecule has 0 saturated heterocycles. The Morgan fingerprint density at radius 2 is 1.06 bits per heavy atom.